The molecule has 2 amide bonds. The Hall–Kier alpha value is -2.84. The summed E-state index contributed by atoms with van der Waals surface area (Å²) in [6, 6.07) is 16.3. The number of aromatic nitrogens is 3. The molecular weight excluding hydrogens is 410 g/mol. The maximum Gasteiger partial charge on any atom is 0.234 e. The van der Waals surface area contributed by atoms with E-state index in [1.54, 1.807) is 28.8 Å². The van der Waals surface area contributed by atoms with E-state index in [1.165, 1.54) is 11.8 Å². The number of carbonyl (C=O) groups is 2. The summed E-state index contributed by atoms with van der Waals surface area (Å²) in [4.78, 5) is 24.2. The fourth-order valence-corrected chi connectivity index (χ4v) is 3.47. The zero-order chi connectivity index (χ0) is 20.6. The van der Waals surface area contributed by atoms with Crippen molar-refractivity contribution in [1.82, 2.24) is 14.8 Å². The third kappa shape index (κ3) is 6.33. The monoisotopic (exact) mass is 429 g/mol. The van der Waals surface area contributed by atoms with Crippen LogP contribution in [0.25, 0.3) is 0 Å². The van der Waals surface area contributed by atoms with Gasteiger partial charge in [-0.25, -0.2) is 0 Å². The van der Waals surface area contributed by atoms with Gasteiger partial charge in [0.25, 0.3) is 0 Å². The van der Waals surface area contributed by atoms with Crippen LogP contribution in [-0.4, -0.2) is 32.3 Å². The van der Waals surface area contributed by atoms with Crippen molar-refractivity contribution in [2.24, 2.45) is 7.05 Å². The van der Waals surface area contributed by atoms with Crippen LogP contribution in [0.2, 0.25) is 5.02 Å². The van der Waals surface area contributed by atoms with E-state index in [1.807, 2.05) is 37.4 Å². The van der Waals surface area contributed by atoms with Crippen molar-refractivity contribution in [3.63, 3.8) is 0 Å². The summed E-state index contributed by atoms with van der Waals surface area (Å²) in [5.74, 6) is 0.645. The van der Waals surface area contributed by atoms with Crippen molar-refractivity contribution >= 4 is 46.6 Å². The fraction of sp³-hybridized carbons (Fsp3) is 0.200. The molecule has 0 aliphatic rings. The predicted octanol–water partition coefficient (Wildman–Crippen LogP) is 3.77. The molecule has 3 aromatic rings. The summed E-state index contributed by atoms with van der Waals surface area (Å²) in [7, 11) is 1.82. The molecule has 0 atom stereocenters. The molecule has 29 heavy (non-hydrogen) atoms. The van der Waals surface area contributed by atoms with Crippen molar-refractivity contribution in [3.8, 4) is 0 Å². The Morgan fingerprint density at radius 1 is 1.00 bits per heavy atom. The van der Waals surface area contributed by atoms with Crippen molar-refractivity contribution in [1.29, 1.82) is 0 Å². The number of thioether (sulfide) groups is 1. The first-order valence-electron chi connectivity index (χ1n) is 8.92. The Balaban J connectivity index is 1.47. The van der Waals surface area contributed by atoms with Crippen molar-refractivity contribution < 1.29 is 9.59 Å². The average molecular weight is 430 g/mol. The Bertz CT molecular complexity index is 994. The smallest absolute Gasteiger partial charge is 0.234 e. The molecule has 9 heteroatoms. The standard InChI is InChI=1S/C20H20ClN5O2S/c1-26-17(10-11-18(27)23-16-9-5-6-14(21)12-16)24-25-20(26)29-13-19(28)22-15-7-3-2-4-8-15/h2-9,12H,10-11,13H2,1H3,(H,22,28)(H,23,27). The molecule has 1 heterocycles. The largest absolute Gasteiger partial charge is 0.326 e. The number of carbonyl (C=O) groups excluding carboxylic acids is 2. The molecule has 0 bridgehead atoms. The molecule has 150 valence electrons. The third-order valence-electron chi connectivity index (χ3n) is 4.00. The van der Waals surface area contributed by atoms with Gasteiger partial charge in [0, 0.05) is 36.3 Å². The van der Waals surface area contributed by atoms with E-state index in [0.29, 0.717) is 28.1 Å². The second-order valence-electron chi connectivity index (χ2n) is 6.22. The number of hydrogen-bond donors (Lipinski definition) is 2. The van der Waals surface area contributed by atoms with E-state index < -0.39 is 0 Å². The van der Waals surface area contributed by atoms with Crippen molar-refractivity contribution in [3.05, 3.63) is 65.4 Å². The Morgan fingerprint density at radius 2 is 1.72 bits per heavy atom. The molecule has 0 saturated heterocycles. The quantitative estimate of drug-likeness (QED) is 0.532. The molecule has 0 spiro atoms. The van der Waals surface area contributed by atoms with E-state index in [-0.39, 0.29) is 24.0 Å². The van der Waals surface area contributed by atoms with Crippen molar-refractivity contribution in [2.45, 2.75) is 18.0 Å². The van der Waals surface area contributed by atoms with Gasteiger partial charge in [-0.15, -0.1) is 10.2 Å². The number of rotatable bonds is 8. The molecule has 0 fully saturated rings. The number of halogens is 1. The number of para-hydroxylation sites is 1. The van der Waals surface area contributed by atoms with Crippen molar-refractivity contribution in [2.75, 3.05) is 16.4 Å². The highest BCUT2D eigenvalue weighted by atomic mass is 35.5. The minimum Gasteiger partial charge on any atom is -0.326 e. The number of anilines is 2. The lowest BCUT2D eigenvalue weighted by atomic mass is 10.2. The summed E-state index contributed by atoms with van der Waals surface area (Å²) in [5.41, 5.74) is 1.41. The first-order chi connectivity index (χ1) is 14.0. The van der Waals surface area contributed by atoms with E-state index in [9.17, 15) is 9.59 Å². The third-order valence-corrected chi connectivity index (χ3v) is 5.25. The molecular formula is C20H20ClN5O2S. The molecule has 1 aromatic heterocycles. The Labute approximate surface area is 177 Å². The molecule has 0 radical (unpaired) electrons. The molecule has 2 aromatic carbocycles. The molecule has 2 N–H and O–H groups in total. The Kier molecular flexibility index (Phi) is 7.26. The van der Waals surface area contributed by atoms with Crippen LogP contribution in [0.5, 0.6) is 0 Å². The van der Waals surface area contributed by atoms with Gasteiger partial charge in [0.05, 0.1) is 5.75 Å². The van der Waals surface area contributed by atoms with Gasteiger partial charge < -0.3 is 15.2 Å². The number of hydrogen-bond acceptors (Lipinski definition) is 5. The lowest BCUT2D eigenvalue weighted by Gasteiger charge is -2.06. The van der Waals surface area contributed by atoms with Gasteiger partial charge in [0.15, 0.2) is 5.16 Å². The van der Waals surface area contributed by atoms with E-state index >= 15 is 0 Å². The molecule has 3 rings (SSSR count). The highest BCUT2D eigenvalue weighted by molar-refractivity contribution is 7.99. The second kappa shape index (κ2) is 10.1. The zero-order valence-electron chi connectivity index (χ0n) is 15.8. The zero-order valence-corrected chi connectivity index (χ0v) is 17.3. The Morgan fingerprint density at radius 3 is 2.48 bits per heavy atom. The molecule has 7 nitrogen and oxygen atoms in total. The van der Waals surface area contributed by atoms with Gasteiger partial charge in [0.1, 0.15) is 5.82 Å². The lowest BCUT2D eigenvalue weighted by Crippen LogP contribution is -2.15. The average Bonchev–Trinajstić information content (AvgIpc) is 3.05. The van der Waals surface area contributed by atoms with Crippen LogP contribution in [0.15, 0.2) is 59.8 Å². The highest BCUT2D eigenvalue weighted by Gasteiger charge is 2.13. The van der Waals surface area contributed by atoms with E-state index in [0.717, 1.165) is 5.69 Å². The van der Waals surface area contributed by atoms with Gasteiger partial charge in [0.2, 0.25) is 11.8 Å². The lowest BCUT2D eigenvalue weighted by molar-refractivity contribution is -0.116. The van der Waals surface area contributed by atoms with Crippen LogP contribution in [0.3, 0.4) is 0 Å². The summed E-state index contributed by atoms with van der Waals surface area (Å²) in [6.07, 6.45) is 0.699. The summed E-state index contributed by atoms with van der Waals surface area (Å²) in [6.45, 7) is 0. The number of benzene rings is 2. The number of nitrogens with one attached hydrogen (secondary N) is 2. The van der Waals surface area contributed by atoms with Crippen LogP contribution in [-0.2, 0) is 23.1 Å². The number of nitrogens with zero attached hydrogens (tertiary/aromatic N) is 3. The predicted molar refractivity (Wildman–Crippen MR) is 115 cm³/mol. The van der Waals surface area contributed by atoms with Crippen LogP contribution in [0.1, 0.15) is 12.2 Å². The SMILES string of the molecule is Cn1c(CCC(=O)Nc2cccc(Cl)c2)nnc1SCC(=O)Nc1ccccc1. The van der Waals surface area contributed by atoms with Crippen LogP contribution in [0.4, 0.5) is 11.4 Å². The highest BCUT2D eigenvalue weighted by Crippen LogP contribution is 2.18. The molecule has 0 saturated carbocycles. The van der Waals surface area contributed by atoms with Gasteiger partial charge in [-0.05, 0) is 30.3 Å². The normalized spacial score (nSPS) is 10.6. The summed E-state index contributed by atoms with van der Waals surface area (Å²) < 4.78 is 1.80. The van der Waals surface area contributed by atoms with Crippen LogP contribution >= 0.6 is 23.4 Å². The van der Waals surface area contributed by atoms with Crippen LogP contribution in [0, 0.1) is 0 Å². The van der Waals surface area contributed by atoms with Gasteiger partial charge in [-0.1, -0.05) is 47.6 Å². The fourth-order valence-electron chi connectivity index (χ4n) is 2.55. The molecule has 0 aliphatic carbocycles. The second-order valence-corrected chi connectivity index (χ2v) is 7.60. The summed E-state index contributed by atoms with van der Waals surface area (Å²) >= 11 is 7.21. The molecule has 0 aliphatic heterocycles. The summed E-state index contributed by atoms with van der Waals surface area (Å²) in [5, 5.41) is 15.1. The maximum absolute atomic E-state index is 12.1. The topological polar surface area (TPSA) is 88.9 Å². The minimum absolute atomic E-state index is 0.119. The first-order valence-corrected chi connectivity index (χ1v) is 10.3. The van der Waals surface area contributed by atoms with Crippen LogP contribution < -0.4 is 10.6 Å². The number of aryl methyl sites for hydroxylation is 1. The van der Waals surface area contributed by atoms with Gasteiger partial charge in [-0.2, -0.15) is 0 Å². The van der Waals surface area contributed by atoms with Gasteiger partial charge in [-0.3, -0.25) is 9.59 Å². The minimum atomic E-state index is -0.133. The number of amides is 2. The first kappa shape index (κ1) is 20.9. The molecule has 0 unspecified atom stereocenters. The maximum atomic E-state index is 12.1. The van der Waals surface area contributed by atoms with E-state index in [4.69, 9.17) is 11.6 Å². The van der Waals surface area contributed by atoms with Gasteiger partial charge >= 0.3 is 0 Å². The van der Waals surface area contributed by atoms with E-state index in [2.05, 4.69) is 20.8 Å².